The highest BCUT2D eigenvalue weighted by Gasteiger charge is 2.30. The number of hydrogen-bond acceptors (Lipinski definition) is 4. The number of carbonyl (C=O) groups is 2. The number of hydrogen-bond donors (Lipinski definition) is 1. The summed E-state index contributed by atoms with van der Waals surface area (Å²) in [6.45, 7) is 6.57. The van der Waals surface area contributed by atoms with Crippen LogP contribution in [0.4, 0.5) is 10.5 Å². The van der Waals surface area contributed by atoms with Crippen LogP contribution in [0, 0.1) is 5.92 Å². The van der Waals surface area contributed by atoms with Crippen LogP contribution in [0.3, 0.4) is 0 Å². The summed E-state index contributed by atoms with van der Waals surface area (Å²) >= 11 is 0. The lowest BCUT2D eigenvalue weighted by Gasteiger charge is -2.20. The Morgan fingerprint density at radius 3 is 2.92 bits per heavy atom. The van der Waals surface area contributed by atoms with Gasteiger partial charge >= 0.3 is 6.09 Å². The molecule has 1 heterocycles. The number of nitrogens with one attached hydrogen (secondary N) is 1. The fourth-order valence-corrected chi connectivity index (χ4v) is 2.63. The number of carbonyl (C=O) groups excluding carboxylic acids is 2. The first-order chi connectivity index (χ1) is 11.8. The van der Waals surface area contributed by atoms with Gasteiger partial charge in [-0.05, 0) is 49.9 Å². The van der Waals surface area contributed by atoms with Gasteiger partial charge < -0.3 is 15.0 Å². The standard InChI is InChI=1S/C17H23N5O3/c1-17(2,3)25-16(24)19-9-12-5-4-6-14(7-12)22-11-13(8-15(22)23)10-20-21-18/h4-7,13H,8-11H2,1-3H3,(H,19,24). The third-order valence-electron chi connectivity index (χ3n) is 3.67. The Labute approximate surface area is 146 Å². The minimum absolute atomic E-state index is 0.00962. The molecule has 1 atom stereocenters. The number of nitrogens with zero attached hydrogens (tertiary/aromatic N) is 4. The number of alkyl carbamates (subject to hydrolysis) is 1. The second-order valence-corrected chi connectivity index (χ2v) is 7.01. The van der Waals surface area contributed by atoms with Crippen LogP contribution < -0.4 is 10.2 Å². The Bertz CT molecular complexity index is 692. The van der Waals surface area contributed by atoms with Gasteiger partial charge in [-0.15, -0.1) is 0 Å². The Hall–Kier alpha value is -2.73. The minimum Gasteiger partial charge on any atom is -0.444 e. The zero-order chi connectivity index (χ0) is 18.4. The van der Waals surface area contributed by atoms with Crippen molar-refractivity contribution < 1.29 is 14.3 Å². The molecule has 134 valence electrons. The van der Waals surface area contributed by atoms with Gasteiger partial charge in [0, 0.05) is 36.7 Å². The molecule has 1 aromatic carbocycles. The molecule has 1 aromatic rings. The zero-order valence-corrected chi connectivity index (χ0v) is 14.7. The Kier molecular flexibility index (Phi) is 5.88. The zero-order valence-electron chi connectivity index (χ0n) is 14.7. The first kappa shape index (κ1) is 18.6. The molecule has 1 saturated heterocycles. The van der Waals surface area contributed by atoms with Crippen molar-refractivity contribution in [1.82, 2.24) is 5.32 Å². The lowest BCUT2D eigenvalue weighted by atomic mass is 10.1. The monoisotopic (exact) mass is 345 g/mol. The largest absolute Gasteiger partial charge is 0.444 e. The van der Waals surface area contributed by atoms with Gasteiger partial charge in [-0.3, -0.25) is 4.79 Å². The molecule has 1 unspecified atom stereocenters. The van der Waals surface area contributed by atoms with Crippen molar-refractivity contribution in [3.63, 3.8) is 0 Å². The summed E-state index contributed by atoms with van der Waals surface area (Å²) < 4.78 is 5.20. The van der Waals surface area contributed by atoms with E-state index in [1.807, 2.05) is 24.3 Å². The van der Waals surface area contributed by atoms with E-state index in [4.69, 9.17) is 10.3 Å². The summed E-state index contributed by atoms with van der Waals surface area (Å²) in [4.78, 5) is 28.3. The molecule has 8 nitrogen and oxygen atoms in total. The van der Waals surface area contributed by atoms with Crippen molar-refractivity contribution >= 4 is 17.7 Å². The molecule has 0 aromatic heterocycles. The molecule has 1 fully saturated rings. The average molecular weight is 345 g/mol. The van der Waals surface area contributed by atoms with Crippen LogP contribution in [0.2, 0.25) is 0 Å². The van der Waals surface area contributed by atoms with Gasteiger partial charge in [0.15, 0.2) is 0 Å². The molecule has 0 spiro atoms. The topological polar surface area (TPSA) is 107 Å². The molecule has 2 rings (SSSR count). The van der Waals surface area contributed by atoms with E-state index in [1.54, 1.807) is 25.7 Å². The maximum Gasteiger partial charge on any atom is 0.407 e. The van der Waals surface area contributed by atoms with E-state index in [0.717, 1.165) is 11.3 Å². The second kappa shape index (κ2) is 7.90. The van der Waals surface area contributed by atoms with E-state index in [-0.39, 0.29) is 11.8 Å². The molecule has 2 amide bonds. The highest BCUT2D eigenvalue weighted by atomic mass is 16.6. The summed E-state index contributed by atoms with van der Waals surface area (Å²) in [6.07, 6.45) is -0.107. The van der Waals surface area contributed by atoms with Crippen molar-refractivity contribution in [3.8, 4) is 0 Å². The van der Waals surface area contributed by atoms with Crippen LogP contribution in [-0.2, 0) is 16.1 Å². The predicted molar refractivity (Wildman–Crippen MR) is 94.0 cm³/mol. The van der Waals surface area contributed by atoms with Gasteiger partial charge in [-0.25, -0.2) is 4.79 Å². The van der Waals surface area contributed by atoms with E-state index >= 15 is 0 Å². The van der Waals surface area contributed by atoms with E-state index in [2.05, 4.69) is 15.3 Å². The number of rotatable bonds is 5. The lowest BCUT2D eigenvalue weighted by Crippen LogP contribution is -2.32. The highest BCUT2D eigenvalue weighted by molar-refractivity contribution is 5.95. The summed E-state index contributed by atoms with van der Waals surface area (Å²) in [5.41, 5.74) is 9.50. The van der Waals surface area contributed by atoms with Crippen LogP contribution in [0.15, 0.2) is 29.4 Å². The summed E-state index contributed by atoms with van der Waals surface area (Å²) in [5, 5.41) is 6.25. The summed E-state index contributed by atoms with van der Waals surface area (Å²) in [7, 11) is 0. The van der Waals surface area contributed by atoms with Crippen molar-refractivity contribution in [2.75, 3.05) is 18.0 Å². The molecule has 1 aliphatic heterocycles. The highest BCUT2D eigenvalue weighted by Crippen LogP contribution is 2.26. The van der Waals surface area contributed by atoms with E-state index in [9.17, 15) is 9.59 Å². The number of azide groups is 1. The molecule has 0 radical (unpaired) electrons. The second-order valence-electron chi connectivity index (χ2n) is 7.01. The van der Waals surface area contributed by atoms with Crippen molar-refractivity contribution in [2.45, 2.75) is 39.3 Å². The molecule has 1 N–H and O–H groups in total. The van der Waals surface area contributed by atoms with Crippen LogP contribution in [0.1, 0.15) is 32.8 Å². The molecule has 8 heteroatoms. The third-order valence-corrected chi connectivity index (χ3v) is 3.67. The smallest absolute Gasteiger partial charge is 0.407 e. The number of anilines is 1. The molecule has 0 aliphatic carbocycles. The number of amides is 2. The fourth-order valence-electron chi connectivity index (χ4n) is 2.63. The van der Waals surface area contributed by atoms with Crippen molar-refractivity contribution in [2.24, 2.45) is 11.0 Å². The first-order valence-electron chi connectivity index (χ1n) is 8.15. The minimum atomic E-state index is -0.547. The van der Waals surface area contributed by atoms with Crippen LogP contribution in [-0.4, -0.2) is 30.7 Å². The maximum atomic E-state index is 12.2. The van der Waals surface area contributed by atoms with Crippen molar-refractivity contribution in [3.05, 3.63) is 40.3 Å². The SMILES string of the molecule is CC(C)(C)OC(=O)NCc1cccc(N2CC(CN=[N+]=[N-])CC2=O)c1. The van der Waals surface area contributed by atoms with E-state index in [1.165, 1.54) is 0 Å². The normalized spacial score (nSPS) is 17.2. The number of benzene rings is 1. The third kappa shape index (κ3) is 5.69. The van der Waals surface area contributed by atoms with Gasteiger partial charge in [0.25, 0.3) is 0 Å². The quantitative estimate of drug-likeness (QED) is 0.502. The van der Waals surface area contributed by atoms with Gasteiger partial charge in [0.2, 0.25) is 5.91 Å². The summed E-state index contributed by atoms with van der Waals surface area (Å²) in [5.74, 6) is 0.0438. The maximum absolute atomic E-state index is 12.2. The Morgan fingerprint density at radius 2 is 2.24 bits per heavy atom. The van der Waals surface area contributed by atoms with Gasteiger partial charge in [0.05, 0.1) is 0 Å². The molecule has 25 heavy (non-hydrogen) atoms. The molecular weight excluding hydrogens is 322 g/mol. The van der Waals surface area contributed by atoms with E-state index < -0.39 is 11.7 Å². The molecule has 0 saturated carbocycles. The average Bonchev–Trinajstić information content (AvgIpc) is 2.90. The van der Waals surface area contributed by atoms with Crippen LogP contribution in [0.5, 0.6) is 0 Å². The Morgan fingerprint density at radius 1 is 1.48 bits per heavy atom. The fraction of sp³-hybridized carbons (Fsp3) is 0.529. The van der Waals surface area contributed by atoms with E-state index in [0.29, 0.717) is 26.1 Å². The Balaban J connectivity index is 1.98. The van der Waals surface area contributed by atoms with Crippen LogP contribution in [0.25, 0.3) is 10.4 Å². The lowest BCUT2D eigenvalue weighted by molar-refractivity contribution is -0.117. The molecule has 1 aliphatic rings. The van der Waals surface area contributed by atoms with Gasteiger partial charge in [-0.1, -0.05) is 17.2 Å². The van der Waals surface area contributed by atoms with Gasteiger partial charge in [-0.2, -0.15) is 0 Å². The molecule has 0 bridgehead atoms. The van der Waals surface area contributed by atoms with Crippen LogP contribution >= 0.6 is 0 Å². The molecular formula is C17H23N5O3. The first-order valence-corrected chi connectivity index (χ1v) is 8.15. The number of ether oxygens (including phenoxy) is 1. The predicted octanol–water partition coefficient (Wildman–Crippen LogP) is 3.37. The van der Waals surface area contributed by atoms with Crippen molar-refractivity contribution in [1.29, 1.82) is 0 Å². The summed E-state index contributed by atoms with van der Waals surface area (Å²) in [6, 6.07) is 7.43. The van der Waals surface area contributed by atoms with Gasteiger partial charge in [0.1, 0.15) is 5.60 Å².